The number of para-hydroxylation sites is 1. The molecule has 0 aromatic heterocycles. The number of benzene rings is 3. The molecule has 0 saturated carbocycles. The van der Waals surface area contributed by atoms with Crippen LogP contribution in [0.1, 0.15) is 35.2 Å². The van der Waals surface area contributed by atoms with Crippen LogP contribution < -0.4 is 21.2 Å². The van der Waals surface area contributed by atoms with Gasteiger partial charge in [-0.2, -0.15) is 0 Å². The van der Waals surface area contributed by atoms with Gasteiger partial charge in [-0.15, -0.1) is 0 Å². The molecule has 0 spiro atoms. The van der Waals surface area contributed by atoms with E-state index in [2.05, 4.69) is 9.98 Å². The van der Waals surface area contributed by atoms with E-state index in [-0.39, 0.29) is 28.3 Å². The molecule has 2 atom stereocenters. The van der Waals surface area contributed by atoms with Crippen LogP contribution in [-0.4, -0.2) is 40.2 Å². The van der Waals surface area contributed by atoms with Gasteiger partial charge in [0.15, 0.2) is 6.17 Å². The summed E-state index contributed by atoms with van der Waals surface area (Å²) >= 11 is 0. The zero-order valence-corrected chi connectivity index (χ0v) is 18.6. The van der Waals surface area contributed by atoms with E-state index < -0.39 is 30.4 Å². The molecule has 0 radical (unpaired) electrons. The second-order valence-electron chi connectivity index (χ2n) is 7.94. The molecule has 0 fully saturated rings. The third-order valence-electron chi connectivity index (χ3n) is 5.73. The normalized spacial score (nSPS) is 14.8. The second kappa shape index (κ2) is 9.26. The number of nitrogen functional groups attached to an aromatic ring is 1. The van der Waals surface area contributed by atoms with Gasteiger partial charge in [-0.1, -0.05) is 18.2 Å². The van der Waals surface area contributed by atoms with Gasteiger partial charge in [0.2, 0.25) is 0 Å². The van der Waals surface area contributed by atoms with Crippen molar-refractivity contribution in [2.75, 3.05) is 7.11 Å². The Kier molecular flexibility index (Phi) is 6.20. The molecule has 10 heteroatoms. The molecule has 3 aromatic rings. The Morgan fingerprint density at radius 1 is 1.06 bits per heavy atom. The number of methoxy groups -OCH3 is 1. The molecule has 0 aliphatic carbocycles. The van der Waals surface area contributed by atoms with Crippen molar-refractivity contribution in [3.05, 3.63) is 82.0 Å². The lowest BCUT2D eigenvalue weighted by Gasteiger charge is -2.19. The Hall–Kier alpha value is -4.73. The van der Waals surface area contributed by atoms with Crippen LogP contribution >= 0.6 is 0 Å². The predicted molar refractivity (Wildman–Crippen MR) is 125 cm³/mol. The Morgan fingerprint density at radius 3 is 2.43 bits per heavy atom. The number of phenols is 1. The SMILES string of the molecule is COc1ccccc1-c1cc([C@H](CC(=O)O)C(=O)O)cc(C2N=c3ccc(C(=N)N)cc3=N2)c1O. The molecule has 1 aliphatic rings. The molecule has 0 bridgehead atoms. The van der Waals surface area contributed by atoms with Crippen molar-refractivity contribution in [2.24, 2.45) is 15.7 Å². The van der Waals surface area contributed by atoms with Crippen molar-refractivity contribution in [1.29, 1.82) is 5.41 Å². The molecule has 178 valence electrons. The minimum atomic E-state index is -1.37. The molecule has 6 N–H and O–H groups in total. The first-order chi connectivity index (χ1) is 16.7. The number of amidine groups is 1. The number of aliphatic carboxylic acids is 2. The van der Waals surface area contributed by atoms with E-state index in [0.29, 0.717) is 27.6 Å². The maximum atomic E-state index is 12.0. The lowest BCUT2D eigenvalue weighted by molar-refractivity contribution is -0.145. The molecule has 4 rings (SSSR count). The topological polar surface area (TPSA) is 179 Å². The van der Waals surface area contributed by atoms with E-state index in [4.69, 9.17) is 15.9 Å². The predicted octanol–water partition coefficient (Wildman–Crippen LogP) is 1.95. The maximum absolute atomic E-state index is 12.0. The van der Waals surface area contributed by atoms with Gasteiger partial charge in [0.05, 0.1) is 30.2 Å². The average molecular weight is 474 g/mol. The van der Waals surface area contributed by atoms with E-state index in [9.17, 15) is 24.9 Å². The lowest BCUT2D eigenvalue weighted by Crippen LogP contribution is -2.24. The number of carboxylic acids is 2. The van der Waals surface area contributed by atoms with E-state index in [1.54, 1.807) is 42.5 Å². The summed E-state index contributed by atoms with van der Waals surface area (Å²) in [4.78, 5) is 32.4. The van der Waals surface area contributed by atoms with Crippen LogP contribution in [-0.2, 0) is 9.59 Å². The number of nitrogens with two attached hydrogens (primary N) is 1. The summed E-state index contributed by atoms with van der Waals surface area (Å²) in [6.07, 6.45) is -1.56. The van der Waals surface area contributed by atoms with Crippen molar-refractivity contribution in [1.82, 2.24) is 0 Å². The average Bonchev–Trinajstić information content (AvgIpc) is 3.25. The smallest absolute Gasteiger partial charge is 0.311 e. The quantitative estimate of drug-likeness (QED) is 0.244. The van der Waals surface area contributed by atoms with Crippen LogP contribution in [0.4, 0.5) is 0 Å². The number of carboxylic acid groups (broad SMARTS) is 2. The number of rotatable bonds is 8. The number of hydrogen-bond acceptors (Lipinski definition) is 7. The van der Waals surface area contributed by atoms with Gasteiger partial charge >= 0.3 is 11.9 Å². The largest absolute Gasteiger partial charge is 0.507 e. The highest BCUT2D eigenvalue weighted by Gasteiger charge is 2.28. The Balaban J connectivity index is 1.95. The number of ether oxygens (including phenoxy) is 1. The zero-order chi connectivity index (χ0) is 25.3. The number of phenolic OH excluding ortho intramolecular Hbond substituents is 1. The molecule has 3 aromatic carbocycles. The van der Waals surface area contributed by atoms with Crippen LogP contribution in [0.2, 0.25) is 0 Å². The van der Waals surface area contributed by atoms with Crippen molar-refractivity contribution in [2.45, 2.75) is 18.5 Å². The minimum Gasteiger partial charge on any atom is -0.507 e. The number of nitrogens with zero attached hydrogens (tertiary/aromatic N) is 2. The molecule has 35 heavy (non-hydrogen) atoms. The molecule has 1 heterocycles. The van der Waals surface area contributed by atoms with Crippen LogP contribution in [0.15, 0.2) is 64.6 Å². The van der Waals surface area contributed by atoms with Gasteiger partial charge < -0.3 is 25.8 Å². The first-order valence-corrected chi connectivity index (χ1v) is 10.5. The minimum absolute atomic E-state index is 0.132. The molecule has 0 saturated heterocycles. The summed E-state index contributed by atoms with van der Waals surface area (Å²) in [7, 11) is 1.47. The molecular weight excluding hydrogens is 452 g/mol. The first kappa shape index (κ1) is 23.4. The number of nitrogens with one attached hydrogen (secondary N) is 1. The number of hydrogen-bond donors (Lipinski definition) is 5. The van der Waals surface area contributed by atoms with E-state index in [1.807, 2.05) is 0 Å². The van der Waals surface area contributed by atoms with Gasteiger partial charge in [0, 0.05) is 22.3 Å². The summed E-state index contributed by atoms with van der Waals surface area (Å²) in [5, 5.41) is 38.9. The third-order valence-corrected chi connectivity index (χ3v) is 5.73. The molecule has 1 aliphatic heterocycles. The molecule has 10 nitrogen and oxygen atoms in total. The van der Waals surface area contributed by atoms with Crippen molar-refractivity contribution in [3.63, 3.8) is 0 Å². The fourth-order valence-electron chi connectivity index (χ4n) is 4.01. The second-order valence-corrected chi connectivity index (χ2v) is 7.94. The highest BCUT2D eigenvalue weighted by molar-refractivity contribution is 5.94. The Morgan fingerprint density at radius 2 is 1.77 bits per heavy atom. The summed E-state index contributed by atoms with van der Waals surface area (Å²) in [6.45, 7) is 0. The number of fused-ring (bicyclic) bond motifs is 1. The van der Waals surface area contributed by atoms with Crippen LogP contribution in [0.25, 0.3) is 11.1 Å². The summed E-state index contributed by atoms with van der Waals surface area (Å²) < 4.78 is 5.42. The highest BCUT2D eigenvalue weighted by Crippen LogP contribution is 2.43. The van der Waals surface area contributed by atoms with Gasteiger partial charge in [-0.05, 0) is 42.0 Å². The van der Waals surface area contributed by atoms with Crippen molar-refractivity contribution in [3.8, 4) is 22.6 Å². The number of carbonyl (C=O) groups is 2. The first-order valence-electron chi connectivity index (χ1n) is 10.5. The standard InChI is InChI=1S/C25H22N4O6/c1-35-20-5-3-2-4-14(20)16-8-13(15(25(33)34)11-21(30)31)9-17(22(16)32)24-28-18-7-6-12(23(26)27)10-19(18)29-24/h2-10,15,24,32H,11H2,1H3,(H3,26,27)(H,30,31)(H,33,34)/t15-,24?/m0/s1. The molecule has 0 amide bonds. The number of aromatic hydroxyl groups is 1. The van der Waals surface area contributed by atoms with Gasteiger partial charge in [0.25, 0.3) is 0 Å². The van der Waals surface area contributed by atoms with E-state index in [0.717, 1.165) is 0 Å². The van der Waals surface area contributed by atoms with E-state index >= 15 is 0 Å². The van der Waals surface area contributed by atoms with Gasteiger partial charge in [-0.25, -0.2) is 0 Å². The highest BCUT2D eigenvalue weighted by atomic mass is 16.5. The summed E-state index contributed by atoms with van der Waals surface area (Å²) in [6, 6.07) is 14.6. The van der Waals surface area contributed by atoms with Crippen LogP contribution in [0.3, 0.4) is 0 Å². The Labute approximate surface area is 199 Å². The zero-order valence-electron chi connectivity index (χ0n) is 18.6. The summed E-state index contributed by atoms with van der Waals surface area (Å²) in [5.41, 5.74) is 7.17. The van der Waals surface area contributed by atoms with Crippen molar-refractivity contribution < 1.29 is 29.6 Å². The van der Waals surface area contributed by atoms with Crippen molar-refractivity contribution >= 4 is 17.8 Å². The maximum Gasteiger partial charge on any atom is 0.311 e. The molecule has 1 unspecified atom stereocenters. The van der Waals surface area contributed by atoms with Crippen LogP contribution in [0, 0.1) is 5.41 Å². The fourth-order valence-corrected chi connectivity index (χ4v) is 4.01. The Bertz CT molecular complexity index is 1480. The van der Waals surface area contributed by atoms with Gasteiger partial charge in [-0.3, -0.25) is 25.0 Å². The fraction of sp³-hybridized carbons (Fsp3) is 0.160. The monoisotopic (exact) mass is 474 g/mol. The van der Waals surface area contributed by atoms with Crippen LogP contribution in [0.5, 0.6) is 11.5 Å². The van der Waals surface area contributed by atoms with E-state index in [1.165, 1.54) is 19.2 Å². The molecular formula is C25H22N4O6. The summed E-state index contributed by atoms with van der Waals surface area (Å²) in [5.74, 6) is -3.84. The lowest BCUT2D eigenvalue weighted by atomic mass is 9.89. The van der Waals surface area contributed by atoms with Gasteiger partial charge in [0.1, 0.15) is 17.3 Å². The third kappa shape index (κ3) is 4.54.